The molecule has 1 heterocycles. The van der Waals surface area contributed by atoms with Gasteiger partial charge in [-0.25, -0.2) is 0 Å². The Bertz CT molecular complexity index is 737. The third kappa shape index (κ3) is 3.11. The van der Waals surface area contributed by atoms with E-state index in [9.17, 15) is 0 Å². The highest BCUT2D eigenvalue weighted by Gasteiger charge is 2.14. The van der Waals surface area contributed by atoms with Gasteiger partial charge in [-0.15, -0.1) is 0 Å². The Morgan fingerprint density at radius 1 is 1.23 bits per heavy atom. The lowest BCUT2D eigenvalue weighted by Gasteiger charge is -2.26. The van der Waals surface area contributed by atoms with Gasteiger partial charge in [0.05, 0.1) is 22.4 Å². The Hall–Kier alpha value is -2.36. The Morgan fingerprint density at radius 3 is 2.77 bits per heavy atom. The first-order valence-corrected chi connectivity index (χ1v) is 7.66. The van der Waals surface area contributed by atoms with E-state index in [0.717, 1.165) is 24.0 Å². The van der Waals surface area contributed by atoms with E-state index >= 15 is 0 Å². The molecule has 2 aromatic rings. The molecule has 0 radical (unpaired) electrons. The van der Waals surface area contributed by atoms with Crippen LogP contribution in [0.1, 0.15) is 20.3 Å². The van der Waals surface area contributed by atoms with Crippen molar-refractivity contribution in [2.45, 2.75) is 19.9 Å². The van der Waals surface area contributed by atoms with Gasteiger partial charge in [0.2, 0.25) is 0 Å². The van der Waals surface area contributed by atoms with Crippen molar-refractivity contribution in [2.75, 3.05) is 14.1 Å². The Labute approximate surface area is 133 Å². The van der Waals surface area contributed by atoms with Crippen molar-refractivity contribution >= 4 is 11.0 Å². The van der Waals surface area contributed by atoms with Crippen LogP contribution in [0, 0.1) is 5.92 Å². The number of fused-ring (bicyclic) bond motifs is 1. The van der Waals surface area contributed by atoms with Gasteiger partial charge >= 0.3 is 0 Å². The molecule has 1 aromatic heterocycles. The van der Waals surface area contributed by atoms with Crippen molar-refractivity contribution in [3.05, 3.63) is 59.7 Å². The molecule has 4 nitrogen and oxygen atoms in total. The summed E-state index contributed by atoms with van der Waals surface area (Å²) in [7, 11) is 4.18. The van der Waals surface area contributed by atoms with E-state index in [1.807, 2.05) is 6.07 Å². The Balaban J connectivity index is 0.00000192. The monoisotopic (exact) mass is 296 g/mol. The number of hydrogen-bond donors (Lipinski definition) is 1. The smallest absolute Gasteiger partial charge is 0.0890 e. The average molecular weight is 296 g/mol. The molecular weight excluding hydrogens is 272 g/mol. The molecule has 0 fully saturated rings. The fraction of sp³-hybridized carbons (Fsp3) is 0.333. The fourth-order valence-electron chi connectivity index (χ4n) is 2.70. The summed E-state index contributed by atoms with van der Waals surface area (Å²) in [4.78, 5) is 10.8. The minimum absolute atomic E-state index is 0. The van der Waals surface area contributed by atoms with Crippen LogP contribution in [0.25, 0.3) is 11.0 Å². The van der Waals surface area contributed by atoms with E-state index < -0.39 is 0 Å². The molecule has 1 N–H and O–H groups in total. The molecule has 0 aliphatic heterocycles. The number of nitrogens with zero attached hydrogens (tertiary/aromatic N) is 3. The number of nitrogens with one attached hydrogen (secondary N) is 1. The summed E-state index contributed by atoms with van der Waals surface area (Å²) >= 11 is 0. The second-order valence-electron chi connectivity index (χ2n) is 6.01. The summed E-state index contributed by atoms with van der Waals surface area (Å²) < 4.78 is 0. The third-order valence-electron chi connectivity index (χ3n) is 3.91. The maximum absolute atomic E-state index is 4.37. The molecule has 22 heavy (non-hydrogen) atoms. The van der Waals surface area contributed by atoms with Crippen LogP contribution in [-0.2, 0) is 6.54 Å². The summed E-state index contributed by atoms with van der Waals surface area (Å²) in [5.74, 6) is 0.596. The van der Waals surface area contributed by atoms with Gasteiger partial charge < -0.3 is 10.2 Å². The van der Waals surface area contributed by atoms with Gasteiger partial charge in [-0.05, 0) is 30.0 Å². The van der Waals surface area contributed by atoms with E-state index in [1.165, 1.54) is 17.0 Å². The number of likely N-dealkylation sites (N-methyl/N-ethyl adjacent to an activating group) is 1. The van der Waals surface area contributed by atoms with Crippen molar-refractivity contribution < 1.29 is 1.43 Å². The van der Waals surface area contributed by atoms with Gasteiger partial charge in [-0.2, -0.15) is 0 Å². The molecule has 1 aliphatic carbocycles. The van der Waals surface area contributed by atoms with Crippen LogP contribution in [0.5, 0.6) is 0 Å². The highest BCUT2D eigenvalue weighted by Crippen LogP contribution is 2.23. The SMILES string of the molecule is CC1C=C(N(C)C)C(NCc2ccc3nccnc3c2)=CC1.[HH]. The van der Waals surface area contributed by atoms with Gasteiger partial charge in [0, 0.05) is 34.5 Å². The van der Waals surface area contributed by atoms with Crippen molar-refractivity contribution in [3.8, 4) is 0 Å². The summed E-state index contributed by atoms with van der Waals surface area (Å²) in [5, 5.41) is 3.56. The van der Waals surface area contributed by atoms with Gasteiger partial charge in [0.1, 0.15) is 0 Å². The molecule has 116 valence electrons. The molecular formula is C18H24N4. The third-order valence-corrected chi connectivity index (χ3v) is 3.91. The molecule has 4 heteroatoms. The van der Waals surface area contributed by atoms with E-state index in [2.05, 4.69) is 65.5 Å². The quantitative estimate of drug-likeness (QED) is 0.939. The summed E-state index contributed by atoms with van der Waals surface area (Å²) in [6, 6.07) is 6.23. The predicted octanol–water partition coefficient (Wildman–Crippen LogP) is 3.33. The molecule has 1 aromatic carbocycles. The zero-order valence-electron chi connectivity index (χ0n) is 13.4. The molecule has 1 atom stereocenters. The average Bonchev–Trinajstić information content (AvgIpc) is 2.53. The first kappa shape index (κ1) is 14.6. The molecule has 1 aliphatic rings. The second-order valence-corrected chi connectivity index (χ2v) is 6.01. The molecule has 1 unspecified atom stereocenters. The van der Waals surface area contributed by atoms with Crippen molar-refractivity contribution in [2.24, 2.45) is 5.92 Å². The van der Waals surface area contributed by atoms with Crippen LogP contribution < -0.4 is 5.32 Å². The van der Waals surface area contributed by atoms with E-state index in [-0.39, 0.29) is 1.43 Å². The predicted molar refractivity (Wildman–Crippen MR) is 92.1 cm³/mol. The zero-order chi connectivity index (χ0) is 15.5. The lowest BCUT2D eigenvalue weighted by molar-refractivity contribution is 0.490. The molecule has 0 spiro atoms. The summed E-state index contributed by atoms with van der Waals surface area (Å²) in [5.41, 5.74) is 5.56. The highest BCUT2D eigenvalue weighted by atomic mass is 15.1. The van der Waals surface area contributed by atoms with Gasteiger partial charge in [-0.3, -0.25) is 9.97 Å². The number of benzene rings is 1. The normalized spacial score (nSPS) is 17.9. The summed E-state index contributed by atoms with van der Waals surface area (Å²) in [6.07, 6.45) is 9.16. The second kappa shape index (κ2) is 6.18. The first-order chi connectivity index (χ1) is 10.6. The largest absolute Gasteiger partial charge is 0.380 e. The minimum Gasteiger partial charge on any atom is -0.380 e. The van der Waals surface area contributed by atoms with E-state index in [4.69, 9.17) is 0 Å². The van der Waals surface area contributed by atoms with Gasteiger partial charge in [0.25, 0.3) is 0 Å². The summed E-state index contributed by atoms with van der Waals surface area (Å²) in [6.45, 7) is 3.04. The minimum atomic E-state index is 0. The zero-order valence-corrected chi connectivity index (χ0v) is 13.4. The fourth-order valence-corrected chi connectivity index (χ4v) is 2.70. The van der Waals surface area contributed by atoms with Crippen LogP contribution in [0.15, 0.2) is 54.1 Å². The lowest BCUT2D eigenvalue weighted by atomic mass is 9.98. The number of rotatable bonds is 4. The first-order valence-electron chi connectivity index (χ1n) is 7.66. The van der Waals surface area contributed by atoms with Crippen LogP contribution >= 0.6 is 0 Å². The van der Waals surface area contributed by atoms with Crippen molar-refractivity contribution in [3.63, 3.8) is 0 Å². The number of hydrogen-bond acceptors (Lipinski definition) is 4. The maximum Gasteiger partial charge on any atom is 0.0890 e. The Morgan fingerprint density at radius 2 is 2.00 bits per heavy atom. The van der Waals surface area contributed by atoms with E-state index in [0.29, 0.717) is 5.92 Å². The van der Waals surface area contributed by atoms with Crippen LogP contribution in [-0.4, -0.2) is 29.0 Å². The maximum atomic E-state index is 4.37. The van der Waals surface area contributed by atoms with Gasteiger partial charge in [-0.1, -0.05) is 25.1 Å². The molecule has 0 amide bonds. The van der Waals surface area contributed by atoms with E-state index in [1.54, 1.807) is 12.4 Å². The molecule has 0 saturated heterocycles. The highest BCUT2D eigenvalue weighted by molar-refractivity contribution is 5.74. The number of allylic oxidation sites excluding steroid dienone is 2. The van der Waals surface area contributed by atoms with Crippen molar-refractivity contribution in [1.29, 1.82) is 0 Å². The molecule has 0 bridgehead atoms. The van der Waals surface area contributed by atoms with Crippen LogP contribution in [0.3, 0.4) is 0 Å². The van der Waals surface area contributed by atoms with Gasteiger partial charge in [0.15, 0.2) is 0 Å². The van der Waals surface area contributed by atoms with Crippen LogP contribution in [0.2, 0.25) is 0 Å². The lowest BCUT2D eigenvalue weighted by Crippen LogP contribution is -2.25. The Kier molecular flexibility index (Phi) is 4.09. The molecule has 3 rings (SSSR count). The van der Waals surface area contributed by atoms with Crippen LogP contribution in [0.4, 0.5) is 0 Å². The topological polar surface area (TPSA) is 41.0 Å². The van der Waals surface area contributed by atoms with Crippen molar-refractivity contribution in [1.82, 2.24) is 20.2 Å². The standard InChI is InChI=1S/C18H22N4.H2/c1-13-4-6-16(18(10-13)22(2)3)21-12-14-5-7-15-17(11-14)20-9-8-19-15;/h5-11,13,21H,4,12H2,1-3H3;1H. The number of aromatic nitrogens is 2. The molecule has 0 saturated carbocycles.